The summed E-state index contributed by atoms with van der Waals surface area (Å²) < 4.78 is 1.71. The van der Waals surface area contributed by atoms with Crippen molar-refractivity contribution in [1.82, 2.24) is 25.1 Å². The first-order valence-corrected chi connectivity index (χ1v) is 7.72. The van der Waals surface area contributed by atoms with Crippen LogP contribution >= 0.6 is 0 Å². The van der Waals surface area contributed by atoms with Gasteiger partial charge in [-0.3, -0.25) is 9.48 Å². The van der Waals surface area contributed by atoms with Crippen molar-refractivity contribution in [2.75, 3.05) is 0 Å². The number of aliphatic hydroxyl groups is 1. The molecule has 0 aliphatic heterocycles. The first kappa shape index (κ1) is 15.6. The Labute approximate surface area is 134 Å². The average Bonchev–Trinajstić information content (AvgIpc) is 2.87. The second kappa shape index (κ2) is 6.08. The Morgan fingerprint density at radius 3 is 2.70 bits per heavy atom. The molecule has 1 amide bonds. The Kier molecular flexibility index (Phi) is 4.12. The predicted molar refractivity (Wildman–Crippen MR) is 83.7 cm³/mol. The number of nitrogens with zero attached hydrogens (tertiary/aromatic N) is 4. The fourth-order valence-corrected chi connectivity index (χ4v) is 3.02. The number of rotatable bonds is 4. The van der Waals surface area contributed by atoms with Gasteiger partial charge in [0.15, 0.2) is 0 Å². The summed E-state index contributed by atoms with van der Waals surface area (Å²) in [6.07, 6.45) is 4.74. The average molecular weight is 315 g/mol. The summed E-state index contributed by atoms with van der Waals surface area (Å²) in [4.78, 5) is 21.0. The van der Waals surface area contributed by atoms with Gasteiger partial charge in [0.1, 0.15) is 11.5 Å². The van der Waals surface area contributed by atoms with Crippen LogP contribution in [0.3, 0.4) is 0 Å². The summed E-state index contributed by atoms with van der Waals surface area (Å²) >= 11 is 0. The molecule has 7 heteroatoms. The third-order valence-electron chi connectivity index (χ3n) is 4.19. The molecule has 7 nitrogen and oxygen atoms in total. The minimum absolute atomic E-state index is 0.171. The van der Waals surface area contributed by atoms with E-state index in [0.717, 1.165) is 11.3 Å². The molecule has 1 saturated carbocycles. The maximum absolute atomic E-state index is 12.6. The van der Waals surface area contributed by atoms with Gasteiger partial charge in [-0.05, 0) is 38.7 Å². The number of carbonyl (C=O) groups excluding carboxylic acids is 1. The van der Waals surface area contributed by atoms with Crippen LogP contribution in [-0.4, -0.2) is 36.9 Å². The van der Waals surface area contributed by atoms with Crippen LogP contribution in [0.25, 0.3) is 0 Å². The van der Waals surface area contributed by atoms with E-state index in [0.29, 0.717) is 24.4 Å². The van der Waals surface area contributed by atoms with E-state index in [1.807, 2.05) is 20.2 Å². The lowest BCUT2D eigenvalue weighted by Crippen LogP contribution is -2.41. The van der Waals surface area contributed by atoms with Gasteiger partial charge in [-0.1, -0.05) is 0 Å². The molecule has 1 fully saturated rings. The maximum Gasteiger partial charge on any atom is 0.270 e. The van der Waals surface area contributed by atoms with Gasteiger partial charge in [-0.25, -0.2) is 9.97 Å². The van der Waals surface area contributed by atoms with E-state index in [2.05, 4.69) is 20.4 Å². The zero-order valence-corrected chi connectivity index (χ0v) is 13.5. The zero-order valence-electron chi connectivity index (χ0n) is 13.5. The van der Waals surface area contributed by atoms with Crippen LogP contribution in [0.1, 0.15) is 46.5 Å². The topological polar surface area (TPSA) is 92.9 Å². The van der Waals surface area contributed by atoms with E-state index < -0.39 is 0 Å². The van der Waals surface area contributed by atoms with Gasteiger partial charge in [-0.2, -0.15) is 5.10 Å². The van der Waals surface area contributed by atoms with Crippen molar-refractivity contribution < 1.29 is 9.90 Å². The van der Waals surface area contributed by atoms with Crippen LogP contribution in [0, 0.1) is 19.8 Å². The highest BCUT2D eigenvalue weighted by Crippen LogP contribution is 2.38. The van der Waals surface area contributed by atoms with Gasteiger partial charge in [0.25, 0.3) is 5.91 Å². The first-order valence-electron chi connectivity index (χ1n) is 7.72. The maximum atomic E-state index is 12.6. The van der Waals surface area contributed by atoms with Crippen LogP contribution < -0.4 is 5.32 Å². The lowest BCUT2D eigenvalue weighted by molar-refractivity contribution is 0.0234. The molecule has 0 radical (unpaired) electrons. The number of carbonyl (C=O) groups is 1. The Morgan fingerprint density at radius 2 is 2.13 bits per heavy atom. The number of aryl methyl sites for hydroxylation is 3. The Hall–Kier alpha value is -2.28. The molecular weight excluding hydrogens is 294 g/mol. The molecular formula is C16H21N5O2. The molecule has 0 aromatic carbocycles. The second-order valence-corrected chi connectivity index (χ2v) is 6.23. The van der Waals surface area contributed by atoms with Crippen molar-refractivity contribution in [3.63, 3.8) is 0 Å². The van der Waals surface area contributed by atoms with Crippen molar-refractivity contribution in [2.24, 2.45) is 13.0 Å². The highest BCUT2D eigenvalue weighted by atomic mass is 16.3. The fourth-order valence-electron chi connectivity index (χ4n) is 3.02. The second-order valence-electron chi connectivity index (χ2n) is 6.23. The van der Waals surface area contributed by atoms with Gasteiger partial charge >= 0.3 is 0 Å². The number of amides is 1. The minimum Gasteiger partial charge on any atom is -0.393 e. The lowest BCUT2D eigenvalue weighted by atomic mass is 9.75. The number of aliphatic hydroxyl groups excluding tert-OH is 1. The molecule has 2 N–H and O–H groups in total. The van der Waals surface area contributed by atoms with Gasteiger partial charge in [0.05, 0.1) is 18.3 Å². The number of aromatic nitrogens is 4. The van der Waals surface area contributed by atoms with Crippen molar-refractivity contribution in [2.45, 2.75) is 38.8 Å². The molecule has 3 rings (SSSR count). The molecule has 2 aromatic rings. The van der Waals surface area contributed by atoms with Gasteiger partial charge in [0, 0.05) is 24.5 Å². The van der Waals surface area contributed by atoms with Gasteiger partial charge in [0.2, 0.25) is 0 Å². The third-order valence-corrected chi connectivity index (χ3v) is 4.19. The quantitative estimate of drug-likeness (QED) is 0.880. The Balaban J connectivity index is 1.81. The van der Waals surface area contributed by atoms with Crippen LogP contribution in [0.4, 0.5) is 0 Å². The van der Waals surface area contributed by atoms with E-state index in [-0.39, 0.29) is 24.0 Å². The summed E-state index contributed by atoms with van der Waals surface area (Å²) in [5.41, 5.74) is 2.07. The van der Waals surface area contributed by atoms with Crippen LogP contribution in [0.2, 0.25) is 0 Å². The highest BCUT2D eigenvalue weighted by molar-refractivity contribution is 5.92. The van der Waals surface area contributed by atoms with Crippen LogP contribution in [0.5, 0.6) is 0 Å². The third kappa shape index (κ3) is 3.39. The molecule has 0 saturated heterocycles. The molecule has 122 valence electrons. The Bertz CT molecular complexity index is 701. The molecule has 0 spiro atoms. The smallest absolute Gasteiger partial charge is 0.270 e. The monoisotopic (exact) mass is 315 g/mol. The van der Waals surface area contributed by atoms with Gasteiger partial charge < -0.3 is 10.4 Å². The van der Waals surface area contributed by atoms with E-state index in [9.17, 15) is 9.90 Å². The van der Waals surface area contributed by atoms with E-state index in [4.69, 9.17) is 0 Å². The molecule has 2 heterocycles. The number of hydrogen-bond donors (Lipinski definition) is 2. The normalized spacial score (nSPS) is 21.6. The summed E-state index contributed by atoms with van der Waals surface area (Å²) in [6, 6.07) is 1.51. The van der Waals surface area contributed by atoms with Crippen molar-refractivity contribution in [1.29, 1.82) is 0 Å². The van der Waals surface area contributed by atoms with Crippen molar-refractivity contribution >= 4 is 5.91 Å². The summed E-state index contributed by atoms with van der Waals surface area (Å²) in [5.74, 6) is 0.558. The lowest BCUT2D eigenvalue weighted by Gasteiger charge is -2.37. The summed E-state index contributed by atoms with van der Waals surface area (Å²) in [6.45, 7) is 3.61. The summed E-state index contributed by atoms with van der Waals surface area (Å²) in [5, 5.41) is 16.8. The SMILES string of the molecule is Cc1cc(C(=O)NC(c2cnn(C)c2)C2CC(O)C2)nc(C)n1. The zero-order chi connectivity index (χ0) is 16.6. The fraction of sp³-hybridized carbons (Fsp3) is 0.500. The molecule has 1 aliphatic rings. The molecule has 1 atom stereocenters. The molecule has 0 bridgehead atoms. The standard InChI is InChI=1S/C16H21N5O2/c1-9-4-14(19-10(2)18-9)16(23)20-15(11-5-13(22)6-11)12-7-17-21(3)8-12/h4,7-8,11,13,15,22H,5-6H2,1-3H3,(H,20,23). The number of nitrogens with one attached hydrogen (secondary N) is 1. The minimum atomic E-state index is -0.278. The molecule has 23 heavy (non-hydrogen) atoms. The van der Waals surface area contributed by atoms with E-state index in [1.165, 1.54) is 0 Å². The highest BCUT2D eigenvalue weighted by Gasteiger charge is 2.36. The summed E-state index contributed by atoms with van der Waals surface area (Å²) in [7, 11) is 1.84. The van der Waals surface area contributed by atoms with Crippen molar-refractivity contribution in [3.8, 4) is 0 Å². The first-order chi connectivity index (χ1) is 10.9. The van der Waals surface area contributed by atoms with Crippen LogP contribution in [-0.2, 0) is 7.05 Å². The predicted octanol–water partition coefficient (Wildman–Crippen LogP) is 1.07. The molecule has 1 unspecified atom stereocenters. The van der Waals surface area contributed by atoms with E-state index in [1.54, 1.807) is 23.9 Å². The number of hydrogen-bond acceptors (Lipinski definition) is 5. The Morgan fingerprint density at radius 1 is 1.39 bits per heavy atom. The van der Waals surface area contributed by atoms with Crippen molar-refractivity contribution in [3.05, 3.63) is 41.2 Å². The molecule has 2 aromatic heterocycles. The van der Waals surface area contributed by atoms with E-state index >= 15 is 0 Å². The van der Waals surface area contributed by atoms with Gasteiger partial charge in [-0.15, -0.1) is 0 Å². The largest absolute Gasteiger partial charge is 0.393 e. The van der Waals surface area contributed by atoms with Crippen LogP contribution in [0.15, 0.2) is 18.5 Å². The molecule has 1 aliphatic carbocycles.